The molecule has 2 aliphatic rings. The largest absolute Gasteiger partial charge is 0.454 e. The molecular formula is C19H27N5O5. The molecule has 4 amide bonds. The van der Waals surface area contributed by atoms with Crippen molar-refractivity contribution in [2.45, 2.75) is 64.0 Å². The summed E-state index contributed by atoms with van der Waals surface area (Å²) in [6.45, 7) is 2.55. The molecular weight excluding hydrogens is 378 g/mol. The molecule has 10 nitrogen and oxygen atoms in total. The average Bonchev–Trinajstić information content (AvgIpc) is 3.43. The van der Waals surface area contributed by atoms with Gasteiger partial charge in [-0.3, -0.25) is 19.3 Å². The second-order valence-electron chi connectivity index (χ2n) is 7.42. The van der Waals surface area contributed by atoms with Gasteiger partial charge in [-0.2, -0.15) is 5.10 Å². The summed E-state index contributed by atoms with van der Waals surface area (Å²) in [5.74, 6) is -1.22. The van der Waals surface area contributed by atoms with E-state index in [1.54, 1.807) is 30.8 Å². The van der Waals surface area contributed by atoms with Gasteiger partial charge in [-0.15, -0.1) is 0 Å². The standard InChI is InChI=1S/C19H27N5O5/c1-3-19(4-2)17(27)23(18(28)22-19)11-16(26)29-12-15(25)21-14-9-10-20-24(14)13-7-5-6-8-13/h9-10,13H,3-8,11-12H2,1-2H3,(H,21,25)(H,22,28). The van der Waals surface area contributed by atoms with Gasteiger partial charge in [-0.25, -0.2) is 9.48 Å². The fraction of sp³-hybridized carbons (Fsp3) is 0.632. The van der Waals surface area contributed by atoms with Gasteiger partial charge in [0.15, 0.2) is 6.61 Å². The van der Waals surface area contributed by atoms with Crippen molar-refractivity contribution in [2.75, 3.05) is 18.5 Å². The minimum atomic E-state index is -0.979. The molecule has 0 unspecified atom stereocenters. The molecule has 0 atom stereocenters. The van der Waals surface area contributed by atoms with Crippen molar-refractivity contribution < 1.29 is 23.9 Å². The smallest absolute Gasteiger partial charge is 0.326 e. The number of esters is 1. The predicted octanol–water partition coefficient (Wildman–Crippen LogP) is 1.59. The number of imide groups is 1. The molecule has 2 fully saturated rings. The maximum absolute atomic E-state index is 12.5. The number of anilines is 1. The van der Waals surface area contributed by atoms with Crippen LogP contribution in [0.2, 0.25) is 0 Å². The lowest BCUT2D eigenvalue weighted by Gasteiger charge is -2.22. The second kappa shape index (κ2) is 8.62. The van der Waals surface area contributed by atoms with Crippen LogP contribution in [0.15, 0.2) is 12.3 Å². The molecule has 0 aromatic carbocycles. The number of hydrogen-bond acceptors (Lipinski definition) is 6. The number of urea groups is 1. The Kier molecular flexibility index (Phi) is 6.19. The highest BCUT2D eigenvalue weighted by atomic mass is 16.5. The number of aromatic nitrogens is 2. The van der Waals surface area contributed by atoms with Crippen molar-refractivity contribution in [3.8, 4) is 0 Å². The molecule has 0 bridgehead atoms. The molecule has 1 saturated carbocycles. The van der Waals surface area contributed by atoms with Gasteiger partial charge < -0.3 is 15.4 Å². The lowest BCUT2D eigenvalue weighted by atomic mass is 9.93. The van der Waals surface area contributed by atoms with E-state index in [-0.39, 0.29) is 6.04 Å². The van der Waals surface area contributed by atoms with Crippen LogP contribution in [0.4, 0.5) is 10.6 Å². The van der Waals surface area contributed by atoms with Crippen LogP contribution in [-0.4, -0.2) is 57.2 Å². The van der Waals surface area contributed by atoms with E-state index < -0.39 is 42.5 Å². The van der Waals surface area contributed by atoms with Crippen LogP contribution in [-0.2, 0) is 19.1 Å². The topological polar surface area (TPSA) is 123 Å². The Morgan fingerprint density at radius 3 is 2.59 bits per heavy atom. The number of amides is 4. The fourth-order valence-corrected chi connectivity index (χ4v) is 3.90. The molecule has 1 saturated heterocycles. The van der Waals surface area contributed by atoms with Crippen LogP contribution in [0.1, 0.15) is 58.4 Å². The summed E-state index contributed by atoms with van der Waals surface area (Å²) in [6.07, 6.45) is 6.77. The van der Waals surface area contributed by atoms with E-state index in [1.807, 2.05) is 0 Å². The lowest BCUT2D eigenvalue weighted by Crippen LogP contribution is -2.46. The number of hydrogen-bond donors (Lipinski definition) is 2. The zero-order valence-corrected chi connectivity index (χ0v) is 16.8. The van der Waals surface area contributed by atoms with Gasteiger partial charge in [0.2, 0.25) is 0 Å². The van der Waals surface area contributed by atoms with Crippen LogP contribution >= 0.6 is 0 Å². The zero-order chi connectivity index (χ0) is 21.0. The maximum Gasteiger partial charge on any atom is 0.326 e. The average molecular weight is 405 g/mol. The Hall–Kier alpha value is -2.91. The van der Waals surface area contributed by atoms with Gasteiger partial charge in [0.1, 0.15) is 17.9 Å². The van der Waals surface area contributed by atoms with Crippen LogP contribution < -0.4 is 10.6 Å². The lowest BCUT2D eigenvalue weighted by molar-refractivity contribution is -0.150. The maximum atomic E-state index is 12.5. The first-order valence-electron chi connectivity index (χ1n) is 10.0. The van der Waals surface area contributed by atoms with Crippen LogP contribution in [0.25, 0.3) is 0 Å². The number of ether oxygens (including phenoxy) is 1. The number of nitrogens with one attached hydrogen (secondary N) is 2. The van der Waals surface area contributed by atoms with Crippen LogP contribution in [0.3, 0.4) is 0 Å². The molecule has 2 N–H and O–H groups in total. The third-order valence-electron chi connectivity index (χ3n) is 5.71. The van der Waals surface area contributed by atoms with Crippen LogP contribution in [0.5, 0.6) is 0 Å². The van der Waals surface area contributed by atoms with Crippen molar-refractivity contribution >= 4 is 29.6 Å². The predicted molar refractivity (Wildman–Crippen MR) is 103 cm³/mol. The fourth-order valence-electron chi connectivity index (χ4n) is 3.90. The van der Waals surface area contributed by atoms with Crippen molar-refractivity contribution in [3.63, 3.8) is 0 Å². The third kappa shape index (κ3) is 4.25. The summed E-state index contributed by atoms with van der Waals surface area (Å²) >= 11 is 0. The van der Waals surface area contributed by atoms with E-state index in [4.69, 9.17) is 4.74 Å². The molecule has 0 radical (unpaired) electrons. The summed E-state index contributed by atoms with van der Waals surface area (Å²) in [7, 11) is 0. The summed E-state index contributed by atoms with van der Waals surface area (Å²) in [5.41, 5.74) is -0.979. The normalized spacial score (nSPS) is 18.8. The molecule has 158 valence electrons. The number of carbonyl (C=O) groups is 4. The molecule has 0 spiro atoms. The first kappa shape index (κ1) is 20.8. The Morgan fingerprint density at radius 2 is 1.97 bits per heavy atom. The van der Waals surface area contributed by atoms with Gasteiger partial charge in [-0.05, 0) is 25.7 Å². The molecule has 10 heteroatoms. The molecule has 1 aliphatic carbocycles. The molecule has 3 rings (SSSR count). The summed E-state index contributed by atoms with van der Waals surface area (Å²) in [4.78, 5) is 49.6. The van der Waals surface area contributed by atoms with E-state index in [9.17, 15) is 19.2 Å². The first-order chi connectivity index (χ1) is 13.9. The van der Waals surface area contributed by atoms with E-state index in [0.717, 1.165) is 30.6 Å². The summed E-state index contributed by atoms with van der Waals surface area (Å²) in [5, 5.41) is 9.60. The molecule has 29 heavy (non-hydrogen) atoms. The highest BCUT2D eigenvalue weighted by Gasteiger charge is 2.49. The van der Waals surface area contributed by atoms with Crippen molar-refractivity contribution in [2.24, 2.45) is 0 Å². The minimum absolute atomic E-state index is 0.264. The van der Waals surface area contributed by atoms with Crippen molar-refractivity contribution in [1.29, 1.82) is 0 Å². The first-order valence-corrected chi connectivity index (χ1v) is 10.0. The van der Waals surface area contributed by atoms with Gasteiger partial charge in [-0.1, -0.05) is 26.7 Å². The summed E-state index contributed by atoms with van der Waals surface area (Å²) in [6, 6.07) is 1.33. The molecule has 1 aromatic heterocycles. The Bertz CT molecular complexity index is 795. The molecule has 1 aromatic rings. The van der Waals surface area contributed by atoms with Crippen molar-refractivity contribution in [3.05, 3.63) is 12.3 Å². The van der Waals surface area contributed by atoms with Crippen molar-refractivity contribution in [1.82, 2.24) is 20.0 Å². The van der Waals surface area contributed by atoms with Gasteiger partial charge in [0.05, 0.1) is 12.2 Å². The van der Waals surface area contributed by atoms with Crippen LogP contribution in [0, 0.1) is 0 Å². The van der Waals surface area contributed by atoms with E-state index in [0.29, 0.717) is 18.7 Å². The highest BCUT2D eigenvalue weighted by molar-refractivity contribution is 6.08. The summed E-state index contributed by atoms with van der Waals surface area (Å²) < 4.78 is 6.74. The van der Waals surface area contributed by atoms with Gasteiger partial charge >= 0.3 is 12.0 Å². The molecule has 2 heterocycles. The quantitative estimate of drug-likeness (QED) is 0.500. The van der Waals surface area contributed by atoms with Gasteiger partial charge in [0.25, 0.3) is 11.8 Å². The van der Waals surface area contributed by atoms with Gasteiger partial charge in [0, 0.05) is 6.07 Å². The molecule has 1 aliphatic heterocycles. The minimum Gasteiger partial charge on any atom is -0.454 e. The Balaban J connectivity index is 1.50. The zero-order valence-electron chi connectivity index (χ0n) is 16.8. The van der Waals surface area contributed by atoms with E-state index in [2.05, 4.69) is 15.7 Å². The Morgan fingerprint density at radius 1 is 1.28 bits per heavy atom. The van der Waals surface area contributed by atoms with E-state index >= 15 is 0 Å². The monoisotopic (exact) mass is 405 g/mol. The number of carbonyl (C=O) groups excluding carboxylic acids is 4. The number of rotatable bonds is 8. The number of nitrogens with zero attached hydrogens (tertiary/aromatic N) is 3. The highest BCUT2D eigenvalue weighted by Crippen LogP contribution is 2.31. The third-order valence-corrected chi connectivity index (χ3v) is 5.71. The SMILES string of the molecule is CCC1(CC)NC(=O)N(CC(=O)OCC(=O)Nc2ccnn2C2CCCC2)C1=O. The Labute approximate surface area is 168 Å². The second-order valence-corrected chi connectivity index (χ2v) is 7.42. The van der Waals surface area contributed by atoms with E-state index in [1.165, 1.54) is 0 Å².